The molecule has 0 unspecified atom stereocenters. The molecule has 8 nitrogen and oxygen atoms in total. The molecule has 0 fully saturated rings. The van der Waals surface area contributed by atoms with Gasteiger partial charge in [-0.15, -0.1) is 0 Å². The number of carbonyl (C=O) groups is 4. The van der Waals surface area contributed by atoms with Crippen molar-refractivity contribution in [3.05, 3.63) is 0 Å². The SMILES string of the molecule is CC(C)(C)C(=O)OCOC(=O)SC(C)(C)C(=O)N[C@@H](CS)C(=O)O. The minimum atomic E-state index is -1.28. The minimum absolute atomic E-state index is 0.0883. The predicted molar refractivity (Wildman–Crippen MR) is 92.0 cm³/mol. The minimum Gasteiger partial charge on any atom is -0.480 e. The molecule has 0 spiro atoms. The summed E-state index contributed by atoms with van der Waals surface area (Å²) in [6.45, 7) is 7.27. The van der Waals surface area contributed by atoms with E-state index in [2.05, 4.69) is 17.9 Å². The van der Waals surface area contributed by atoms with Crippen LogP contribution in [0, 0.1) is 5.41 Å². The number of hydrogen-bond acceptors (Lipinski definition) is 8. The highest BCUT2D eigenvalue weighted by Gasteiger charge is 2.35. The van der Waals surface area contributed by atoms with Gasteiger partial charge in [-0.2, -0.15) is 12.6 Å². The van der Waals surface area contributed by atoms with Crippen LogP contribution in [0.1, 0.15) is 34.6 Å². The van der Waals surface area contributed by atoms with Crippen molar-refractivity contribution in [1.29, 1.82) is 0 Å². The van der Waals surface area contributed by atoms with Gasteiger partial charge >= 0.3 is 17.2 Å². The highest BCUT2D eigenvalue weighted by Crippen LogP contribution is 2.27. The fraction of sp³-hybridized carbons (Fsp3) is 0.714. The molecule has 0 aromatic heterocycles. The van der Waals surface area contributed by atoms with Crippen molar-refractivity contribution >= 4 is 47.5 Å². The van der Waals surface area contributed by atoms with E-state index >= 15 is 0 Å². The van der Waals surface area contributed by atoms with Crippen LogP contribution in [0.15, 0.2) is 0 Å². The first-order valence-corrected chi connectivity index (χ1v) is 8.43. The van der Waals surface area contributed by atoms with Crippen LogP contribution in [0.25, 0.3) is 0 Å². The second-order valence-electron chi connectivity index (χ2n) is 6.35. The number of thiol groups is 1. The largest absolute Gasteiger partial charge is 0.480 e. The van der Waals surface area contributed by atoms with Crippen molar-refractivity contribution in [3.8, 4) is 0 Å². The van der Waals surface area contributed by atoms with Gasteiger partial charge in [-0.05, 0) is 46.4 Å². The quantitative estimate of drug-likeness (QED) is 0.346. The maximum atomic E-state index is 12.1. The fourth-order valence-corrected chi connectivity index (χ4v) is 2.07. The van der Waals surface area contributed by atoms with E-state index < -0.39 is 46.1 Å². The number of hydrogen-bond donors (Lipinski definition) is 3. The maximum absolute atomic E-state index is 12.1. The van der Waals surface area contributed by atoms with Crippen LogP contribution in [-0.2, 0) is 23.9 Å². The average Bonchev–Trinajstić information content (AvgIpc) is 2.42. The summed E-state index contributed by atoms with van der Waals surface area (Å²) < 4.78 is 8.25. The average molecular weight is 381 g/mol. The van der Waals surface area contributed by atoms with E-state index in [1.165, 1.54) is 13.8 Å². The Kier molecular flexibility index (Phi) is 8.62. The van der Waals surface area contributed by atoms with Gasteiger partial charge in [0.1, 0.15) is 6.04 Å². The van der Waals surface area contributed by atoms with E-state index in [0.717, 1.165) is 0 Å². The van der Waals surface area contributed by atoms with E-state index in [9.17, 15) is 19.2 Å². The molecule has 10 heteroatoms. The van der Waals surface area contributed by atoms with Gasteiger partial charge in [0.25, 0.3) is 0 Å². The van der Waals surface area contributed by atoms with Crippen molar-refractivity contribution in [2.24, 2.45) is 5.41 Å². The summed E-state index contributed by atoms with van der Waals surface area (Å²) in [5, 5.41) is 10.3. The van der Waals surface area contributed by atoms with Gasteiger partial charge in [-0.3, -0.25) is 9.59 Å². The van der Waals surface area contributed by atoms with E-state index in [-0.39, 0.29) is 5.75 Å². The molecule has 0 rings (SSSR count). The zero-order chi connectivity index (χ0) is 19.1. The summed E-state index contributed by atoms with van der Waals surface area (Å²) in [6, 6.07) is -1.16. The van der Waals surface area contributed by atoms with Crippen molar-refractivity contribution in [2.45, 2.75) is 45.4 Å². The lowest BCUT2D eigenvalue weighted by Gasteiger charge is -2.23. The highest BCUT2D eigenvalue weighted by atomic mass is 32.2. The first kappa shape index (κ1) is 22.6. The van der Waals surface area contributed by atoms with Gasteiger partial charge in [0.2, 0.25) is 12.7 Å². The fourth-order valence-electron chi connectivity index (χ4n) is 1.15. The van der Waals surface area contributed by atoms with E-state index in [1.54, 1.807) is 20.8 Å². The van der Waals surface area contributed by atoms with Gasteiger partial charge in [0.05, 0.1) is 10.2 Å². The number of rotatable bonds is 7. The van der Waals surface area contributed by atoms with Gasteiger partial charge in [-0.1, -0.05) is 0 Å². The molecule has 0 saturated heterocycles. The Morgan fingerprint density at radius 2 is 1.67 bits per heavy atom. The lowest BCUT2D eigenvalue weighted by atomic mass is 9.98. The predicted octanol–water partition coefficient (Wildman–Crippen LogP) is 1.68. The molecule has 2 N–H and O–H groups in total. The van der Waals surface area contributed by atoms with Crippen molar-refractivity contribution < 1.29 is 33.8 Å². The summed E-state index contributed by atoms with van der Waals surface area (Å²) in [7, 11) is 0. The molecule has 0 aromatic rings. The first-order valence-electron chi connectivity index (χ1n) is 6.99. The smallest absolute Gasteiger partial charge is 0.371 e. The highest BCUT2D eigenvalue weighted by molar-refractivity contribution is 8.15. The zero-order valence-corrected chi connectivity index (χ0v) is 16.0. The van der Waals surface area contributed by atoms with Gasteiger partial charge < -0.3 is 19.9 Å². The molecule has 24 heavy (non-hydrogen) atoms. The van der Waals surface area contributed by atoms with Crippen LogP contribution >= 0.6 is 24.4 Å². The van der Waals surface area contributed by atoms with Crippen molar-refractivity contribution in [3.63, 3.8) is 0 Å². The monoisotopic (exact) mass is 381 g/mol. The van der Waals surface area contributed by atoms with Gasteiger partial charge in [0.15, 0.2) is 0 Å². The Hall–Kier alpha value is -1.42. The topological polar surface area (TPSA) is 119 Å². The lowest BCUT2D eigenvalue weighted by molar-refractivity contribution is -0.160. The molecule has 138 valence electrons. The molecule has 0 aliphatic heterocycles. The number of amides is 1. The first-order chi connectivity index (χ1) is 10.8. The third-order valence-corrected chi connectivity index (χ3v) is 4.00. The summed E-state index contributed by atoms with van der Waals surface area (Å²) >= 11 is 4.39. The second-order valence-corrected chi connectivity index (χ2v) is 8.28. The molecule has 0 saturated carbocycles. The lowest BCUT2D eigenvalue weighted by Crippen LogP contribution is -2.49. The molecule has 0 aliphatic carbocycles. The standard InChI is InChI=1S/C14H23NO7S2/c1-13(2,3)11(19)21-7-22-12(20)24-14(4,5)10(18)15-8(6-23)9(16)17/h8,23H,6-7H2,1-5H3,(H,15,18)(H,16,17)/t8-/m0/s1. The Morgan fingerprint density at radius 1 is 1.12 bits per heavy atom. The van der Waals surface area contributed by atoms with Crippen LogP contribution in [0.4, 0.5) is 4.79 Å². The third kappa shape index (κ3) is 7.91. The Balaban J connectivity index is 4.48. The maximum Gasteiger partial charge on any atom is 0.371 e. The second kappa shape index (κ2) is 9.16. The molecule has 0 aliphatic rings. The van der Waals surface area contributed by atoms with E-state index in [0.29, 0.717) is 11.8 Å². The Labute approximate surface area is 150 Å². The van der Waals surface area contributed by atoms with Crippen LogP contribution in [0.5, 0.6) is 0 Å². The number of nitrogens with one attached hydrogen (secondary N) is 1. The zero-order valence-electron chi connectivity index (χ0n) is 14.2. The molecule has 1 atom stereocenters. The number of thioether (sulfide) groups is 1. The van der Waals surface area contributed by atoms with Crippen molar-refractivity contribution in [1.82, 2.24) is 5.32 Å². The Bertz CT molecular complexity index is 500. The van der Waals surface area contributed by atoms with Gasteiger partial charge in [0, 0.05) is 5.75 Å². The summed E-state index contributed by atoms with van der Waals surface area (Å²) in [4.78, 5) is 46.2. The normalized spacial score (nSPS) is 12.9. The van der Waals surface area contributed by atoms with Crippen LogP contribution in [0.2, 0.25) is 0 Å². The summed E-state index contributed by atoms with van der Waals surface area (Å²) in [5.41, 5.74) is -0.725. The number of ether oxygens (including phenoxy) is 2. The van der Waals surface area contributed by atoms with E-state index in [1.807, 2.05) is 0 Å². The number of carbonyl (C=O) groups excluding carboxylic acids is 3. The molecular formula is C14H23NO7S2. The van der Waals surface area contributed by atoms with Crippen LogP contribution in [-0.4, -0.2) is 51.6 Å². The van der Waals surface area contributed by atoms with Gasteiger partial charge in [-0.25, -0.2) is 9.59 Å². The number of carboxylic acid groups (broad SMARTS) is 1. The summed E-state index contributed by atoms with van der Waals surface area (Å²) in [5.74, 6) is -2.50. The molecular weight excluding hydrogens is 358 g/mol. The summed E-state index contributed by atoms with van der Waals surface area (Å²) in [6.07, 6.45) is 0. The van der Waals surface area contributed by atoms with E-state index in [4.69, 9.17) is 14.6 Å². The number of esters is 1. The molecule has 0 radical (unpaired) electrons. The molecule has 0 aromatic carbocycles. The van der Waals surface area contributed by atoms with Crippen molar-refractivity contribution in [2.75, 3.05) is 12.5 Å². The third-order valence-electron chi connectivity index (χ3n) is 2.65. The van der Waals surface area contributed by atoms with Crippen LogP contribution in [0.3, 0.4) is 0 Å². The molecule has 1 amide bonds. The number of carboxylic acids is 1. The number of aliphatic carboxylic acids is 1. The molecule has 0 bridgehead atoms. The van der Waals surface area contributed by atoms with Crippen LogP contribution < -0.4 is 5.32 Å². The molecule has 0 heterocycles. The Morgan fingerprint density at radius 3 is 2.08 bits per heavy atom.